The topological polar surface area (TPSA) is 25.9 Å². The first-order valence-corrected chi connectivity index (χ1v) is 14.5. The molecule has 0 aromatic carbocycles. The molecule has 0 aromatic heterocycles. The summed E-state index contributed by atoms with van der Waals surface area (Å²) in [4.78, 5) is 15.9. The van der Waals surface area contributed by atoms with Crippen LogP contribution in [0.25, 0.3) is 0 Å². The van der Waals surface area contributed by atoms with Gasteiger partial charge in [-0.1, -0.05) is 0 Å². The summed E-state index contributed by atoms with van der Waals surface area (Å²) in [5.74, 6) is 0. The molecular weight excluding hydrogens is 651 g/mol. The molecule has 8 radical (unpaired) electrons. The zero-order valence-corrected chi connectivity index (χ0v) is 36.1. The van der Waals surface area contributed by atoms with Crippen molar-refractivity contribution in [3.63, 3.8) is 0 Å². The summed E-state index contributed by atoms with van der Waals surface area (Å²) in [5.41, 5.74) is 0.186. The van der Waals surface area contributed by atoms with Gasteiger partial charge in [0.1, 0.15) is 0 Å². The Kier molecular flexibility index (Phi) is 19.0. The SMILES string of the molecule is CC(C)(C)N1[C]N([CH-]N2[C]N(C(C)(C)C)C=C2)C=C1.CC(C)(C)N1[C]N([CH-]N2[C]N(C(C)(C)C)C=C2)C=C1.[CH2-]C.[CH2-]C.[Zn+2].[Zn+2]. The van der Waals surface area contributed by atoms with Gasteiger partial charge in [-0.25, -0.2) is 0 Å². The van der Waals surface area contributed by atoms with Gasteiger partial charge < -0.3 is 53.0 Å². The molecule has 236 valence electrons. The molecule has 0 atom stereocenters. The number of hydrogen-bond acceptors (Lipinski definition) is 8. The first-order chi connectivity index (χ1) is 19.3. The average molecular weight is 708 g/mol. The van der Waals surface area contributed by atoms with E-state index in [9.17, 15) is 0 Å². The maximum atomic E-state index is 3.28. The maximum absolute atomic E-state index is 3.28. The van der Waals surface area contributed by atoms with E-state index in [0.717, 1.165) is 0 Å². The fraction of sp³-hybridized carbons (Fsp3) is 0.529. The average Bonchev–Trinajstić information content (AvgIpc) is 3.68. The molecular formula is C34H56N8Zn2. The smallest absolute Gasteiger partial charge is 0.480 e. The van der Waals surface area contributed by atoms with E-state index >= 15 is 0 Å². The molecule has 0 aliphatic carbocycles. The Balaban J connectivity index is 0. The van der Waals surface area contributed by atoms with Crippen molar-refractivity contribution in [1.29, 1.82) is 0 Å². The second kappa shape index (κ2) is 18.7. The summed E-state index contributed by atoms with van der Waals surface area (Å²) in [6.45, 7) is 52.9. The molecule has 0 saturated carbocycles. The third-order valence-electron chi connectivity index (χ3n) is 5.79. The third kappa shape index (κ3) is 14.4. The fourth-order valence-electron chi connectivity index (χ4n) is 3.34. The fourth-order valence-corrected chi connectivity index (χ4v) is 3.34. The van der Waals surface area contributed by atoms with E-state index < -0.39 is 0 Å². The van der Waals surface area contributed by atoms with Gasteiger partial charge in [-0.15, -0.1) is 0 Å². The second-order valence-corrected chi connectivity index (χ2v) is 13.6. The molecule has 0 amide bonds. The van der Waals surface area contributed by atoms with Crippen molar-refractivity contribution in [3.8, 4) is 0 Å². The largest absolute Gasteiger partial charge is 2.00 e. The predicted molar refractivity (Wildman–Crippen MR) is 174 cm³/mol. The van der Waals surface area contributed by atoms with Crippen molar-refractivity contribution in [3.05, 3.63) is 103 Å². The molecule has 0 unspecified atom stereocenters. The van der Waals surface area contributed by atoms with E-state index in [1.54, 1.807) is 13.8 Å². The molecule has 0 fully saturated rings. The summed E-state index contributed by atoms with van der Waals surface area (Å²) in [7, 11) is 0. The van der Waals surface area contributed by atoms with Crippen LogP contribution in [-0.2, 0) is 39.0 Å². The Labute approximate surface area is 299 Å². The van der Waals surface area contributed by atoms with Gasteiger partial charge in [-0.05, 0) is 108 Å². The standard InChI is InChI=1S/2C15H23N4.2C2H5.2Zn/c2*1-14(2,3)18-9-7-16(12-18)11-17-8-10-19(13-17)15(4,5)6;2*1-2;;/h2*7-11H,1-6H3;2*1H2,2H3;;/q4*-1;2*+2. The van der Waals surface area contributed by atoms with Gasteiger partial charge in [0, 0.05) is 47.0 Å². The number of nitrogens with zero attached hydrogens (tertiary/aromatic N) is 8. The third-order valence-corrected chi connectivity index (χ3v) is 5.79. The van der Waals surface area contributed by atoms with E-state index in [1.807, 2.05) is 82.5 Å². The van der Waals surface area contributed by atoms with Gasteiger partial charge in [0.2, 0.25) is 0 Å². The Morgan fingerprint density at radius 2 is 0.523 bits per heavy atom. The van der Waals surface area contributed by atoms with E-state index in [2.05, 4.69) is 143 Å². The minimum atomic E-state index is 0. The monoisotopic (exact) mass is 704 g/mol. The van der Waals surface area contributed by atoms with Crippen LogP contribution in [0.3, 0.4) is 0 Å². The molecule has 0 saturated heterocycles. The summed E-state index contributed by atoms with van der Waals surface area (Å²) in [6, 6.07) is 0. The van der Waals surface area contributed by atoms with Crippen molar-refractivity contribution in [1.82, 2.24) is 39.2 Å². The molecule has 0 bridgehead atoms. The van der Waals surface area contributed by atoms with Crippen molar-refractivity contribution >= 4 is 0 Å². The molecule has 4 aliphatic heterocycles. The first-order valence-electron chi connectivity index (χ1n) is 14.5. The molecule has 4 heterocycles. The van der Waals surface area contributed by atoms with E-state index in [4.69, 9.17) is 0 Å². The van der Waals surface area contributed by atoms with Crippen LogP contribution >= 0.6 is 0 Å². The van der Waals surface area contributed by atoms with Crippen molar-refractivity contribution in [2.45, 2.75) is 119 Å². The molecule has 8 nitrogen and oxygen atoms in total. The first kappa shape index (κ1) is 44.7. The number of rotatable bonds is 4. The minimum absolute atomic E-state index is 0. The zero-order chi connectivity index (χ0) is 32.5. The van der Waals surface area contributed by atoms with Crippen LogP contribution in [0, 0.1) is 53.9 Å². The number of hydrogen-bond donors (Lipinski definition) is 0. The zero-order valence-electron chi connectivity index (χ0n) is 30.2. The maximum Gasteiger partial charge on any atom is 2.00 e. The van der Waals surface area contributed by atoms with Gasteiger partial charge in [0.05, 0.1) is 0 Å². The Morgan fingerprint density at radius 1 is 0.364 bits per heavy atom. The molecule has 4 rings (SSSR count). The summed E-state index contributed by atoms with van der Waals surface area (Å²) >= 11 is 0. The quantitative estimate of drug-likeness (QED) is 0.220. The van der Waals surface area contributed by atoms with Crippen LogP contribution in [0.5, 0.6) is 0 Å². The Bertz CT molecular complexity index is 760. The molecule has 0 N–H and O–H groups in total. The van der Waals surface area contributed by atoms with Gasteiger partial charge in [0.25, 0.3) is 0 Å². The molecule has 0 aromatic rings. The molecule has 44 heavy (non-hydrogen) atoms. The summed E-state index contributed by atoms with van der Waals surface area (Å²) in [5, 5.41) is 0. The van der Waals surface area contributed by atoms with Crippen LogP contribution in [0.2, 0.25) is 0 Å². The summed E-state index contributed by atoms with van der Waals surface area (Å²) in [6.07, 6.45) is 16.0. The Hall–Kier alpha value is -1.39. The molecule has 0 spiro atoms. The van der Waals surface area contributed by atoms with Crippen molar-refractivity contribution in [2.75, 3.05) is 0 Å². The van der Waals surface area contributed by atoms with Crippen LogP contribution in [-0.4, -0.2) is 61.4 Å². The van der Waals surface area contributed by atoms with Crippen molar-refractivity contribution in [2.24, 2.45) is 0 Å². The van der Waals surface area contributed by atoms with Crippen molar-refractivity contribution < 1.29 is 39.0 Å². The van der Waals surface area contributed by atoms with Crippen LogP contribution in [0.15, 0.2) is 49.6 Å². The van der Waals surface area contributed by atoms with Gasteiger partial charge >= 0.3 is 39.0 Å². The van der Waals surface area contributed by atoms with Gasteiger partial charge in [-0.3, -0.25) is 0 Å². The normalized spacial score (nSPS) is 17.6. The van der Waals surface area contributed by atoms with Gasteiger partial charge in [-0.2, -0.15) is 27.2 Å². The predicted octanol–water partition coefficient (Wildman–Crippen LogP) is 7.42. The minimum Gasteiger partial charge on any atom is -0.480 e. The van der Waals surface area contributed by atoms with Gasteiger partial charge in [0.15, 0.2) is 26.7 Å². The van der Waals surface area contributed by atoms with E-state index in [-0.39, 0.29) is 61.1 Å². The van der Waals surface area contributed by atoms with Crippen LogP contribution in [0.4, 0.5) is 0 Å². The van der Waals surface area contributed by atoms with Crippen LogP contribution < -0.4 is 0 Å². The van der Waals surface area contributed by atoms with E-state index in [0.29, 0.717) is 0 Å². The summed E-state index contributed by atoms with van der Waals surface area (Å²) < 4.78 is 0. The molecule has 10 heteroatoms. The van der Waals surface area contributed by atoms with E-state index in [1.165, 1.54) is 0 Å². The Morgan fingerprint density at radius 3 is 0.636 bits per heavy atom. The second-order valence-electron chi connectivity index (χ2n) is 13.6. The van der Waals surface area contributed by atoms with Crippen LogP contribution in [0.1, 0.15) is 96.9 Å². The molecule has 4 aliphatic rings.